The predicted molar refractivity (Wildman–Crippen MR) is 244 cm³/mol. The van der Waals surface area contributed by atoms with Gasteiger partial charge in [0, 0.05) is 9.52 Å². The summed E-state index contributed by atoms with van der Waals surface area (Å²) in [5.74, 6) is 4.42. The maximum atomic E-state index is 4.93. The van der Waals surface area contributed by atoms with Gasteiger partial charge in [0.2, 0.25) is 0 Å². The molecule has 6 aromatic rings. The zero-order chi connectivity index (χ0) is 39.2. The molecule has 0 saturated heterocycles. The first-order valence-electron chi connectivity index (χ1n) is 21.4. The Morgan fingerprint density at radius 2 is 1.14 bits per heavy atom. The van der Waals surface area contributed by atoms with Gasteiger partial charge in [-0.2, -0.15) is 12.1 Å². The van der Waals surface area contributed by atoms with Crippen molar-refractivity contribution in [3.05, 3.63) is 131 Å². The number of halogens is 2. The van der Waals surface area contributed by atoms with Crippen LogP contribution in [0.5, 0.6) is 0 Å². The summed E-state index contributed by atoms with van der Waals surface area (Å²) in [6.07, 6.45) is 15.9. The van der Waals surface area contributed by atoms with Crippen LogP contribution < -0.4 is 0 Å². The molecule has 2 radical (unpaired) electrons. The number of rotatable bonds is 5. The quantitative estimate of drug-likeness (QED) is 0.120. The van der Waals surface area contributed by atoms with Gasteiger partial charge in [-0.3, -0.25) is 0 Å². The van der Waals surface area contributed by atoms with Crippen LogP contribution >= 0.6 is 17.0 Å². The number of hydrogen-bond acceptors (Lipinski definition) is 0. The molecule has 56 heavy (non-hydrogen) atoms. The first-order chi connectivity index (χ1) is 27.2. The molecule has 5 aliphatic carbocycles. The van der Waals surface area contributed by atoms with E-state index < -0.39 is 20.8 Å². The number of benzene rings is 4. The van der Waals surface area contributed by atoms with Crippen LogP contribution in [0.2, 0.25) is 13.1 Å². The fourth-order valence-electron chi connectivity index (χ4n) is 11.3. The molecule has 0 N–H and O–H groups in total. The van der Waals surface area contributed by atoms with Gasteiger partial charge < -0.3 is 0 Å². The first-order valence-corrected chi connectivity index (χ1v) is 29.7. The molecule has 0 aromatic heterocycles. The van der Waals surface area contributed by atoms with Crippen LogP contribution in [-0.2, 0) is 26.3 Å². The van der Waals surface area contributed by atoms with Crippen LogP contribution in [0, 0.1) is 24.7 Å². The molecule has 0 atom stereocenters. The Morgan fingerprint density at radius 3 is 1.66 bits per heavy atom. The van der Waals surface area contributed by atoms with E-state index in [0.717, 1.165) is 33.2 Å². The van der Waals surface area contributed by atoms with E-state index in [1.54, 1.807) is 11.1 Å². The van der Waals surface area contributed by atoms with Gasteiger partial charge in [-0.1, -0.05) is 125 Å². The van der Waals surface area contributed by atoms with Gasteiger partial charge in [0.15, 0.2) is 0 Å². The van der Waals surface area contributed by atoms with E-state index in [1.165, 1.54) is 126 Å². The molecular formula is C52H60Cl2SiZr. The molecule has 5 fully saturated rings. The summed E-state index contributed by atoms with van der Waals surface area (Å²) >= 11 is -0.826. The third-order valence-electron chi connectivity index (χ3n) is 13.5. The second-order valence-corrected chi connectivity index (χ2v) is 22.6. The van der Waals surface area contributed by atoms with E-state index in [0.29, 0.717) is 11.3 Å². The molecule has 0 nitrogen and oxygen atoms in total. The number of hydrogen-bond donors (Lipinski definition) is 0. The van der Waals surface area contributed by atoms with E-state index in [4.69, 9.17) is 17.0 Å². The van der Waals surface area contributed by atoms with Crippen molar-refractivity contribution in [1.82, 2.24) is 0 Å². The summed E-state index contributed by atoms with van der Waals surface area (Å²) < 4.78 is 0. The molecule has 5 aliphatic rings. The van der Waals surface area contributed by atoms with E-state index in [9.17, 15) is 0 Å². The molecule has 4 bridgehead atoms. The first kappa shape index (κ1) is 41.9. The summed E-state index contributed by atoms with van der Waals surface area (Å²) in [6.45, 7) is 11.0. The van der Waals surface area contributed by atoms with Gasteiger partial charge in [-0.25, -0.2) is 0 Å². The molecule has 0 aliphatic heterocycles. The average molecular weight is 875 g/mol. The fraction of sp³-hybridized carbons (Fsp3) is 0.423. The molecule has 6 aromatic carbocycles. The summed E-state index contributed by atoms with van der Waals surface area (Å²) in [4.78, 5) is 0. The Labute approximate surface area is 359 Å². The summed E-state index contributed by atoms with van der Waals surface area (Å²) in [5, 5.41) is 5.59. The Hall–Kier alpha value is -2.22. The van der Waals surface area contributed by atoms with Crippen molar-refractivity contribution in [2.75, 3.05) is 0 Å². The Balaban J connectivity index is 0.000000151. The molecule has 0 unspecified atom stereocenters. The summed E-state index contributed by atoms with van der Waals surface area (Å²) in [6, 6.07) is 41.9. The van der Waals surface area contributed by atoms with E-state index in [-0.39, 0.29) is 0 Å². The standard InChI is InChI=1S/C26H27.C24H27.C2H6Si.2ClH.Zr/c1-17-9-22-3-2-4-24(25(22)10-17)21-5-7-23(8-6-21)26-14-18-11-19(15-26)13-20(12-18)16-26;1-17(2)18-11-13-20(14-12-18)23-10-6-9-21-15-22(16-24(21)23)19-7-4-3-5-8-19;1-3-2;;;/h2-10,18-20H,11-16H2,1H3;6,9-17,19H,3-5,7-8H2,1-2H3;1-2H3;2*1H;/q2*-1;;;;+4/p-2. The van der Waals surface area contributed by atoms with E-state index in [2.05, 4.69) is 143 Å². The zero-order valence-electron chi connectivity index (χ0n) is 34.3. The molecule has 4 heteroatoms. The third kappa shape index (κ3) is 9.46. The molecular weight excluding hydrogens is 815 g/mol. The van der Waals surface area contributed by atoms with Crippen molar-refractivity contribution in [1.29, 1.82) is 0 Å². The average Bonchev–Trinajstić information content (AvgIpc) is 3.82. The van der Waals surface area contributed by atoms with Crippen molar-refractivity contribution in [2.24, 2.45) is 17.8 Å². The van der Waals surface area contributed by atoms with E-state index >= 15 is 0 Å². The van der Waals surface area contributed by atoms with Crippen molar-refractivity contribution in [3.63, 3.8) is 0 Å². The van der Waals surface area contributed by atoms with Gasteiger partial charge in [-0.05, 0) is 109 Å². The van der Waals surface area contributed by atoms with Gasteiger partial charge in [0.05, 0.1) is 0 Å². The van der Waals surface area contributed by atoms with E-state index in [1.807, 2.05) is 0 Å². The van der Waals surface area contributed by atoms with Crippen LogP contribution in [0.15, 0.2) is 109 Å². The second-order valence-electron chi connectivity index (χ2n) is 17.9. The molecule has 0 heterocycles. The Bertz CT molecular complexity index is 2110. The van der Waals surface area contributed by atoms with Crippen LogP contribution in [0.25, 0.3) is 43.8 Å². The minimum absolute atomic E-state index is 0.510. The topological polar surface area (TPSA) is 0 Å². The predicted octanol–water partition coefficient (Wildman–Crippen LogP) is 16.6. The number of fused-ring (bicyclic) bond motifs is 2. The Morgan fingerprint density at radius 1 is 0.661 bits per heavy atom. The van der Waals surface area contributed by atoms with Crippen LogP contribution in [-0.4, -0.2) is 9.52 Å². The Kier molecular flexibility index (Phi) is 14.4. The molecule has 290 valence electrons. The van der Waals surface area contributed by atoms with Gasteiger partial charge in [-0.15, -0.1) is 69.1 Å². The van der Waals surface area contributed by atoms with Crippen molar-refractivity contribution in [3.8, 4) is 22.3 Å². The third-order valence-corrected chi connectivity index (χ3v) is 13.5. The normalized spacial score (nSPS) is 22.5. The van der Waals surface area contributed by atoms with Crippen molar-refractivity contribution in [2.45, 2.75) is 122 Å². The SMILES string of the molecule is CC(C)c1ccc(-c2cccc3[cH-]c(C4CCCCC4)cc23)cc1.C[Si]C.Cc1cc2c(-c3ccc(C45CC6CC(CC(C6)C4)C5)cc3)cccc2[cH-]1.[Cl][Zr+2][Cl]. The minimum atomic E-state index is -0.826. The van der Waals surface area contributed by atoms with Gasteiger partial charge in [0.1, 0.15) is 0 Å². The second kappa shape index (κ2) is 19.2. The monoisotopic (exact) mass is 872 g/mol. The molecule has 11 rings (SSSR count). The molecule has 0 spiro atoms. The van der Waals surface area contributed by atoms with Crippen LogP contribution in [0.1, 0.15) is 119 Å². The van der Waals surface area contributed by atoms with Gasteiger partial charge in [0.25, 0.3) is 0 Å². The fourth-order valence-corrected chi connectivity index (χ4v) is 11.3. The molecule has 0 amide bonds. The molecule has 5 saturated carbocycles. The summed E-state index contributed by atoms with van der Waals surface area (Å²) in [5.41, 5.74) is 11.9. The number of aryl methyl sites for hydroxylation is 1. The van der Waals surface area contributed by atoms with Crippen LogP contribution in [0.3, 0.4) is 0 Å². The maximum absolute atomic E-state index is 4.93. The van der Waals surface area contributed by atoms with Gasteiger partial charge >= 0.3 is 37.9 Å². The van der Waals surface area contributed by atoms with Crippen molar-refractivity contribution < 1.29 is 20.8 Å². The zero-order valence-corrected chi connectivity index (χ0v) is 39.3. The summed E-state index contributed by atoms with van der Waals surface area (Å²) in [7, 11) is 11.0. The van der Waals surface area contributed by atoms with Crippen LogP contribution in [0.4, 0.5) is 0 Å². The van der Waals surface area contributed by atoms with Crippen molar-refractivity contribution >= 4 is 48.1 Å².